The van der Waals surface area contributed by atoms with Gasteiger partial charge in [0.05, 0.1) is 14.2 Å². The number of aliphatic imine (C=N–C) groups is 1. The standard InChI is InChI=1S/C14H30N4O3/c1-16-9-5-4-8-12(13(19)20-2)17-10-6-7-11-18-14(15)21-3/h12,16-17H,4-11H2,1-3H3,(H2,15,18)/t12-/m1/s1. The number of rotatable bonds is 12. The summed E-state index contributed by atoms with van der Waals surface area (Å²) in [6.45, 7) is 2.35. The highest BCUT2D eigenvalue weighted by atomic mass is 16.5. The van der Waals surface area contributed by atoms with E-state index < -0.39 is 0 Å². The monoisotopic (exact) mass is 302 g/mol. The molecule has 0 aromatic heterocycles. The van der Waals surface area contributed by atoms with Crippen LogP contribution < -0.4 is 16.4 Å². The van der Waals surface area contributed by atoms with Gasteiger partial charge < -0.3 is 25.8 Å². The second kappa shape index (κ2) is 13.6. The number of nitrogens with zero attached hydrogens (tertiary/aromatic N) is 1. The van der Waals surface area contributed by atoms with E-state index in [1.807, 2.05) is 7.05 Å². The van der Waals surface area contributed by atoms with Gasteiger partial charge in [0.25, 0.3) is 6.02 Å². The number of amidine groups is 1. The molecular formula is C14H30N4O3. The van der Waals surface area contributed by atoms with Crippen LogP contribution in [0.4, 0.5) is 0 Å². The molecule has 0 aliphatic rings. The summed E-state index contributed by atoms with van der Waals surface area (Å²) in [6, 6.07) is -0.0145. The van der Waals surface area contributed by atoms with Crippen LogP contribution in [-0.2, 0) is 14.3 Å². The summed E-state index contributed by atoms with van der Waals surface area (Å²) in [7, 11) is 4.84. The molecule has 4 N–H and O–H groups in total. The van der Waals surface area contributed by atoms with Crippen LogP contribution in [0.1, 0.15) is 32.1 Å². The lowest BCUT2D eigenvalue weighted by Gasteiger charge is -2.16. The summed E-state index contributed by atoms with van der Waals surface area (Å²) >= 11 is 0. The molecule has 21 heavy (non-hydrogen) atoms. The van der Waals surface area contributed by atoms with Crippen molar-refractivity contribution in [3.05, 3.63) is 0 Å². The minimum Gasteiger partial charge on any atom is -0.469 e. The molecule has 0 saturated carbocycles. The van der Waals surface area contributed by atoms with E-state index in [4.69, 9.17) is 15.2 Å². The zero-order chi connectivity index (χ0) is 15.9. The zero-order valence-electron chi connectivity index (χ0n) is 13.5. The van der Waals surface area contributed by atoms with Crippen LogP contribution in [0.5, 0.6) is 0 Å². The van der Waals surface area contributed by atoms with Gasteiger partial charge in [0.1, 0.15) is 6.04 Å². The summed E-state index contributed by atoms with van der Waals surface area (Å²) in [5.74, 6) is -0.193. The van der Waals surface area contributed by atoms with Crippen molar-refractivity contribution in [2.75, 3.05) is 40.9 Å². The third kappa shape index (κ3) is 11.0. The lowest BCUT2D eigenvalue weighted by atomic mass is 10.1. The lowest BCUT2D eigenvalue weighted by Crippen LogP contribution is -2.38. The molecule has 7 nitrogen and oxygen atoms in total. The number of esters is 1. The fourth-order valence-electron chi connectivity index (χ4n) is 1.86. The molecule has 0 amide bonds. The van der Waals surface area contributed by atoms with Crippen molar-refractivity contribution in [2.45, 2.75) is 38.1 Å². The summed E-state index contributed by atoms with van der Waals surface area (Å²) in [6.07, 6.45) is 4.65. The maximum absolute atomic E-state index is 11.7. The first kappa shape index (κ1) is 19.7. The molecule has 0 unspecified atom stereocenters. The van der Waals surface area contributed by atoms with Gasteiger partial charge in [0.15, 0.2) is 0 Å². The van der Waals surface area contributed by atoms with E-state index in [9.17, 15) is 4.79 Å². The number of nitrogens with two attached hydrogens (primary N) is 1. The SMILES string of the molecule is CNCCCC[C@@H](NCCCCN=C(N)OC)C(=O)OC. The van der Waals surface area contributed by atoms with Gasteiger partial charge >= 0.3 is 5.97 Å². The smallest absolute Gasteiger partial charge is 0.322 e. The molecule has 7 heteroatoms. The van der Waals surface area contributed by atoms with E-state index in [1.165, 1.54) is 14.2 Å². The van der Waals surface area contributed by atoms with E-state index in [1.54, 1.807) is 0 Å². The Morgan fingerprint density at radius 1 is 1.14 bits per heavy atom. The first-order chi connectivity index (χ1) is 10.2. The number of ether oxygens (including phenoxy) is 2. The van der Waals surface area contributed by atoms with Crippen LogP contribution in [0.3, 0.4) is 0 Å². The summed E-state index contributed by atoms with van der Waals surface area (Å²) in [5.41, 5.74) is 5.42. The Bertz CT molecular complexity index is 298. The molecule has 0 spiro atoms. The predicted molar refractivity (Wildman–Crippen MR) is 84.3 cm³/mol. The second-order valence-electron chi connectivity index (χ2n) is 4.76. The molecule has 0 bridgehead atoms. The Morgan fingerprint density at radius 3 is 2.48 bits per heavy atom. The highest BCUT2D eigenvalue weighted by Crippen LogP contribution is 2.03. The van der Waals surface area contributed by atoms with Crippen LogP contribution in [0.2, 0.25) is 0 Å². The Hall–Kier alpha value is -1.34. The third-order valence-electron chi connectivity index (χ3n) is 3.11. The van der Waals surface area contributed by atoms with Gasteiger partial charge in [-0.05, 0) is 45.8 Å². The Balaban J connectivity index is 3.83. The first-order valence-corrected chi connectivity index (χ1v) is 7.45. The van der Waals surface area contributed by atoms with Crippen LogP contribution >= 0.6 is 0 Å². The molecule has 124 valence electrons. The number of carbonyl (C=O) groups is 1. The van der Waals surface area contributed by atoms with Crippen molar-refractivity contribution < 1.29 is 14.3 Å². The lowest BCUT2D eigenvalue weighted by molar-refractivity contribution is -0.143. The van der Waals surface area contributed by atoms with Gasteiger partial charge in [0, 0.05) is 6.54 Å². The van der Waals surface area contributed by atoms with Crippen LogP contribution in [-0.4, -0.2) is 58.9 Å². The zero-order valence-corrected chi connectivity index (χ0v) is 13.5. The summed E-state index contributed by atoms with van der Waals surface area (Å²) < 4.78 is 9.57. The average Bonchev–Trinajstić information content (AvgIpc) is 2.51. The van der Waals surface area contributed by atoms with Gasteiger partial charge in [-0.25, -0.2) is 4.99 Å². The van der Waals surface area contributed by atoms with Gasteiger partial charge in [-0.2, -0.15) is 0 Å². The summed E-state index contributed by atoms with van der Waals surface area (Å²) in [4.78, 5) is 15.7. The molecule has 0 aliphatic carbocycles. The average molecular weight is 302 g/mol. The van der Waals surface area contributed by atoms with E-state index in [-0.39, 0.29) is 18.0 Å². The maximum Gasteiger partial charge on any atom is 0.322 e. The van der Waals surface area contributed by atoms with E-state index in [2.05, 4.69) is 15.6 Å². The van der Waals surface area contributed by atoms with E-state index in [0.29, 0.717) is 6.54 Å². The number of unbranched alkanes of at least 4 members (excludes halogenated alkanes) is 2. The van der Waals surface area contributed by atoms with E-state index in [0.717, 1.165) is 45.2 Å². The van der Waals surface area contributed by atoms with Crippen LogP contribution in [0.15, 0.2) is 4.99 Å². The molecule has 0 aliphatic heterocycles. The maximum atomic E-state index is 11.7. The fourth-order valence-corrected chi connectivity index (χ4v) is 1.86. The molecule has 0 aromatic carbocycles. The largest absolute Gasteiger partial charge is 0.469 e. The van der Waals surface area contributed by atoms with Crippen LogP contribution in [0.25, 0.3) is 0 Å². The van der Waals surface area contributed by atoms with Gasteiger partial charge in [0.2, 0.25) is 0 Å². The molecule has 0 fully saturated rings. The predicted octanol–water partition coefficient (Wildman–Crippen LogP) is 0.249. The van der Waals surface area contributed by atoms with Crippen molar-refractivity contribution in [3.8, 4) is 0 Å². The molecule has 0 aromatic rings. The van der Waals surface area contributed by atoms with Crippen molar-refractivity contribution in [3.63, 3.8) is 0 Å². The quantitative estimate of drug-likeness (QED) is 0.207. The first-order valence-electron chi connectivity index (χ1n) is 7.45. The molecule has 1 atom stereocenters. The molecule has 0 heterocycles. The summed E-state index contributed by atoms with van der Waals surface area (Å²) in [5, 5.41) is 6.34. The van der Waals surface area contributed by atoms with Gasteiger partial charge in [-0.15, -0.1) is 0 Å². The van der Waals surface area contributed by atoms with E-state index >= 15 is 0 Å². The van der Waals surface area contributed by atoms with Crippen LogP contribution in [0, 0.1) is 0 Å². The number of hydrogen-bond donors (Lipinski definition) is 3. The number of nitrogens with one attached hydrogen (secondary N) is 2. The number of hydrogen-bond acceptors (Lipinski definition) is 6. The Labute approximate surface area is 127 Å². The third-order valence-corrected chi connectivity index (χ3v) is 3.11. The normalized spacial score (nSPS) is 13.0. The molecular weight excluding hydrogens is 272 g/mol. The minimum absolute atomic E-state index is 0.193. The fraction of sp³-hybridized carbons (Fsp3) is 0.857. The molecule has 0 saturated heterocycles. The minimum atomic E-state index is -0.223. The molecule has 0 radical (unpaired) electrons. The van der Waals surface area contributed by atoms with Crippen molar-refractivity contribution in [1.82, 2.24) is 10.6 Å². The second-order valence-corrected chi connectivity index (χ2v) is 4.76. The number of carbonyl (C=O) groups excluding carboxylic acids is 1. The topological polar surface area (TPSA) is 98.0 Å². The van der Waals surface area contributed by atoms with Crippen molar-refractivity contribution in [2.24, 2.45) is 10.7 Å². The van der Waals surface area contributed by atoms with Crippen molar-refractivity contribution in [1.29, 1.82) is 0 Å². The number of methoxy groups -OCH3 is 2. The Morgan fingerprint density at radius 2 is 1.86 bits per heavy atom. The molecule has 0 rings (SSSR count). The highest BCUT2D eigenvalue weighted by Gasteiger charge is 2.17. The highest BCUT2D eigenvalue weighted by molar-refractivity contribution is 5.75. The Kier molecular flexibility index (Phi) is 12.8. The van der Waals surface area contributed by atoms with Gasteiger partial charge in [-0.1, -0.05) is 6.42 Å². The van der Waals surface area contributed by atoms with Gasteiger partial charge in [-0.3, -0.25) is 4.79 Å². The van der Waals surface area contributed by atoms with Crippen molar-refractivity contribution >= 4 is 12.0 Å².